The number of sulfonamides is 1. The summed E-state index contributed by atoms with van der Waals surface area (Å²) in [4.78, 5) is 14.6. The Balaban J connectivity index is 1.90. The predicted octanol–water partition coefficient (Wildman–Crippen LogP) is 2.74. The summed E-state index contributed by atoms with van der Waals surface area (Å²) in [7, 11) is -3.56. The van der Waals surface area contributed by atoms with Crippen LogP contribution in [0.15, 0.2) is 48.5 Å². The van der Waals surface area contributed by atoms with Gasteiger partial charge in [-0.25, -0.2) is 8.42 Å². The molecular formula is C19H22N2O3S. The second kappa shape index (κ2) is 6.88. The molecule has 0 radical (unpaired) electrons. The van der Waals surface area contributed by atoms with E-state index in [9.17, 15) is 13.2 Å². The Hall–Kier alpha value is -2.34. The number of hydrogen-bond acceptors (Lipinski definition) is 3. The van der Waals surface area contributed by atoms with Crippen molar-refractivity contribution >= 4 is 27.3 Å². The van der Waals surface area contributed by atoms with Crippen LogP contribution in [-0.2, 0) is 21.2 Å². The van der Waals surface area contributed by atoms with Crippen molar-refractivity contribution in [2.24, 2.45) is 0 Å². The molecule has 0 aromatic heterocycles. The zero-order valence-electron chi connectivity index (χ0n) is 14.5. The van der Waals surface area contributed by atoms with Gasteiger partial charge < -0.3 is 4.90 Å². The van der Waals surface area contributed by atoms with Gasteiger partial charge in [-0.05, 0) is 49.1 Å². The lowest BCUT2D eigenvalue weighted by Gasteiger charge is -2.31. The Morgan fingerprint density at radius 2 is 1.92 bits per heavy atom. The SMILES string of the molecule is Cc1cccc(N(CC(=O)N2CCCc3ccccc32)S(C)(=O)=O)c1. The summed E-state index contributed by atoms with van der Waals surface area (Å²) >= 11 is 0. The third-order valence-corrected chi connectivity index (χ3v) is 5.52. The number of rotatable bonds is 4. The number of hydrogen-bond donors (Lipinski definition) is 0. The maximum Gasteiger partial charge on any atom is 0.247 e. The van der Waals surface area contributed by atoms with Crippen LogP contribution in [0.1, 0.15) is 17.5 Å². The van der Waals surface area contributed by atoms with Crippen LogP contribution in [0.3, 0.4) is 0 Å². The summed E-state index contributed by atoms with van der Waals surface area (Å²) in [6, 6.07) is 15.0. The number of benzene rings is 2. The molecule has 1 heterocycles. The fraction of sp³-hybridized carbons (Fsp3) is 0.316. The summed E-state index contributed by atoms with van der Waals surface area (Å²) in [6.45, 7) is 2.31. The minimum atomic E-state index is -3.56. The second-order valence-corrected chi connectivity index (χ2v) is 8.29. The Morgan fingerprint density at radius 1 is 1.16 bits per heavy atom. The van der Waals surface area contributed by atoms with E-state index in [4.69, 9.17) is 0 Å². The fourth-order valence-electron chi connectivity index (χ4n) is 3.18. The van der Waals surface area contributed by atoms with Gasteiger partial charge in [-0.1, -0.05) is 30.3 Å². The lowest BCUT2D eigenvalue weighted by molar-refractivity contribution is -0.117. The van der Waals surface area contributed by atoms with Crippen LogP contribution < -0.4 is 9.21 Å². The highest BCUT2D eigenvalue weighted by Gasteiger charge is 2.27. The van der Waals surface area contributed by atoms with E-state index in [0.29, 0.717) is 12.2 Å². The molecule has 0 saturated heterocycles. The predicted molar refractivity (Wildman–Crippen MR) is 100 cm³/mol. The maximum absolute atomic E-state index is 12.9. The number of aryl methyl sites for hydroxylation is 2. The molecule has 5 nitrogen and oxygen atoms in total. The minimum Gasteiger partial charge on any atom is -0.311 e. The summed E-state index contributed by atoms with van der Waals surface area (Å²) in [5, 5.41) is 0. The summed E-state index contributed by atoms with van der Waals surface area (Å²) < 4.78 is 25.7. The van der Waals surface area contributed by atoms with Crippen molar-refractivity contribution in [1.82, 2.24) is 0 Å². The molecule has 0 fully saturated rings. The first-order valence-corrected chi connectivity index (χ1v) is 10.1. The highest BCUT2D eigenvalue weighted by atomic mass is 32.2. The molecule has 0 spiro atoms. The summed E-state index contributed by atoms with van der Waals surface area (Å²) in [5.74, 6) is -0.209. The maximum atomic E-state index is 12.9. The Labute approximate surface area is 148 Å². The van der Waals surface area contributed by atoms with Gasteiger partial charge in [0.15, 0.2) is 0 Å². The van der Waals surface area contributed by atoms with Crippen molar-refractivity contribution in [2.45, 2.75) is 19.8 Å². The van der Waals surface area contributed by atoms with E-state index in [-0.39, 0.29) is 12.5 Å². The smallest absolute Gasteiger partial charge is 0.247 e. The van der Waals surface area contributed by atoms with Crippen molar-refractivity contribution in [3.63, 3.8) is 0 Å². The van der Waals surface area contributed by atoms with Crippen LogP contribution in [0.4, 0.5) is 11.4 Å². The molecule has 2 aromatic carbocycles. The van der Waals surface area contributed by atoms with Crippen LogP contribution in [-0.4, -0.2) is 33.7 Å². The number of amides is 1. The number of carbonyl (C=O) groups excluding carboxylic acids is 1. The molecule has 1 aliphatic heterocycles. The van der Waals surface area contributed by atoms with Gasteiger partial charge in [-0.3, -0.25) is 9.10 Å². The van der Waals surface area contributed by atoms with E-state index in [2.05, 4.69) is 0 Å². The average Bonchev–Trinajstić information content (AvgIpc) is 2.58. The Kier molecular flexibility index (Phi) is 4.81. The van der Waals surface area contributed by atoms with Crippen LogP contribution in [0.2, 0.25) is 0 Å². The van der Waals surface area contributed by atoms with Gasteiger partial charge in [0.2, 0.25) is 15.9 Å². The van der Waals surface area contributed by atoms with Gasteiger partial charge in [0.05, 0.1) is 11.9 Å². The normalized spacial score (nSPS) is 14.1. The lowest BCUT2D eigenvalue weighted by Crippen LogP contribution is -2.44. The molecule has 25 heavy (non-hydrogen) atoms. The third kappa shape index (κ3) is 3.85. The van der Waals surface area contributed by atoms with Crippen LogP contribution in [0.5, 0.6) is 0 Å². The van der Waals surface area contributed by atoms with Crippen LogP contribution >= 0.6 is 0 Å². The molecular weight excluding hydrogens is 336 g/mol. The van der Waals surface area contributed by atoms with Gasteiger partial charge in [-0.15, -0.1) is 0 Å². The van der Waals surface area contributed by atoms with E-state index in [1.54, 1.807) is 23.1 Å². The number of anilines is 2. The molecule has 0 saturated carbocycles. The first-order chi connectivity index (χ1) is 11.9. The van der Waals surface area contributed by atoms with Gasteiger partial charge in [-0.2, -0.15) is 0 Å². The van der Waals surface area contributed by atoms with Gasteiger partial charge >= 0.3 is 0 Å². The van der Waals surface area contributed by atoms with Crippen molar-refractivity contribution in [3.8, 4) is 0 Å². The first-order valence-electron chi connectivity index (χ1n) is 8.29. The van der Waals surface area contributed by atoms with E-state index in [1.807, 2.05) is 37.3 Å². The number of nitrogens with zero attached hydrogens (tertiary/aromatic N) is 2. The molecule has 0 atom stereocenters. The molecule has 0 unspecified atom stereocenters. The molecule has 0 bridgehead atoms. The van der Waals surface area contributed by atoms with Crippen molar-refractivity contribution in [3.05, 3.63) is 59.7 Å². The largest absolute Gasteiger partial charge is 0.311 e. The topological polar surface area (TPSA) is 57.7 Å². The molecule has 1 amide bonds. The average molecular weight is 358 g/mol. The van der Waals surface area contributed by atoms with Gasteiger partial charge in [0, 0.05) is 12.2 Å². The van der Waals surface area contributed by atoms with E-state index >= 15 is 0 Å². The monoisotopic (exact) mass is 358 g/mol. The highest BCUT2D eigenvalue weighted by Crippen LogP contribution is 2.27. The van der Waals surface area contributed by atoms with E-state index in [1.165, 1.54) is 4.31 Å². The molecule has 0 N–H and O–H groups in total. The second-order valence-electron chi connectivity index (χ2n) is 6.39. The van der Waals surface area contributed by atoms with Crippen molar-refractivity contribution in [2.75, 3.05) is 28.6 Å². The van der Waals surface area contributed by atoms with Gasteiger partial charge in [0.1, 0.15) is 6.54 Å². The highest BCUT2D eigenvalue weighted by molar-refractivity contribution is 7.92. The number of carbonyl (C=O) groups is 1. The molecule has 1 aliphatic rings. The standard InChI is InChI=1S/C19H22N2O3S/c1-15-7-5-10-17(13-15)21(25(2,23)24)14-19(22)20-12-6-9-16-8-3-4-11-18(16)20/h3-5,7-8,10-11,13H,6,9,12,14H2,1-2H3. The molecule has 3 rings (SSSR count). The van der Waals surface area contributed by atoms with Crippen molar-refractivity contribution in [1.29, 1.82) is 0 Å². The molecule has 6 heteroatoms. The molecule has 2 aromatic rings. The quantitative estimate of drug-likeness (QED) is 0.844. The third-order valence-electron chi connectivity index (χ3n) is 4.38. The Morgan fingerprint density at radius 3 is 2.64 bits per heavy atom. The summed E-state index contributed by atoms with van der Waals surface area (Å²) in [6.07, 6.45) is 2.95. The van der Waals surface area contributed by atoms with E-state index in [0.717, 1.165) is 35.9 Å². The lowest BCUT2D eigenvalue weighted by atomic mass is 10.0. The zero-order chi connectivity index (χ0) is 18.0. The first kappa shape index (κ1) is 17.5. The zero-order valence-corrected chi connectivity index (χ0v) is 15.3. The van der Waals surface area contributed by atoms with Crippen LogP contribution in [0.25, 0.3) is 0 Å². The van der Waals surface area contributed by atoms with Gasteiger partial charge in [0.25, 0.3) is 0 Å². The van der Waals surface area contributed by atoms with Crippen LogP contribution in [0, 0.1) is 6.92 Å². The molecule has 132 valence electrons. The number of para-hydroxylation sites is 1. The van der Waals surface area contributed by atoms with Crippen molar-refractivity contribution < 1.29 is 13.2 Å². The number of fused-ring (bicyclic) bond motifs is 1. The minimum absolute atomic E-state index is 0.198. The Bertz CT molecular complexity index is 893. The van der Waals surface area contributed by atoms with E-state index < -0.39 is 10.0 Å². The fourth-order valence-corrected chi connectivity index (χ4v) is 4.03. The molecule has 0 aliphatic carbocycles. The summed E-state index contributed by atoms with van der Waals surface area (Å²) in [5.41, 5.74) is 3.48.